The van der Waals surface area contributed by atoms with Gasteiger partial charge in [-0.15, -0.1) is 0 Å². The quantitative estimate of drug-likeness (QED) is 0.166. The van der Waals surface area contributed by atoms with Crippen LogP contribution in [0.15, 0.2) is 218 Å². The van der Waals surface area contributed by atoms with Gasteiger partial charge in [0.15, 0.2) is 0 Å². The van der Waals surface area contributed by atoms with Gasteiger partial charge in [-0.2, -0.15) is 0 Å². The van der Waals surface area contributed by atoms with E-state index in [0.717, 1.165) is 34.1 Å². The van der Waals surface area contributed by atoms with Crippen molar-refractivity contribution in [3.63, 3.8) is 0 Å². The first-order chi connectivity index (χ1) is 30.1. The fourth-order valence-electron chi connectivity index (χ4n) is 10.6. The molecule has 2 heteroatoms. The van der Waals surface area contributed by atoms with E-state index in [1.165, 1.54) is 77.2 Å². The average molecular weight is 779 g/mol. The maximum atomic E-state index is 2.52. The zero-order valence-electron chi connectivity index (χ0n) is 34.2. The summed E-state index contributed by atoms with van der Waals surface area (Å²) in [5.74, 6) is 0. The molecule has 0 radical (unpaired) electrons. The maximum Gasteiger partial charge on any atom is 0.0731 e. The van der Waals surface area contributed by atoms with Crippen molar-refractivity contribution in [3.8, 4) is 22.3 Å². The molecule has 0 unspecified atom stereocenters. The van der Waals surface area contributed by atoms with Gasteiger partial charge in [0.05, 0.1) is 5.41 Å². The number of para-hydroxylation sites is 2. The monoisotopic (exact) mass is 778 g/mol. The Labute approximate surface area is 357 Å². The highest BCUT2D eigenvalue weighted by molar-refractivity contribution is 6.07. The molecular formula is C59H42N2. The van der Waals surface area contributed by atoms with Crippen LogP contribution in [0.4, 0.5) is 34.1 Å². The highest BCUT2D eigenvalue weighted by Gasteiger charge is 2.52. The number of fused-ring (bicyclic) bond motifs is 13. The molecule has 0 aliphatic heterocycles. The van der Waals surface area contributed by atoms with Crippen LogP contribution in [0.5, 0.6) is 0 Å². The van der Waals surface area contributed by atoms with Gasteiger partial charge in [0.25, 0.3) is 0 Å². The zero-order chi connectivity index (χ0) is 40.7. The van der Waals surface area contributed by atoms with Crippen molar-refractivity contribution in [2.24, 2.45) is 0 Å². The summed E-state index contributed by atoms with van der Waals surface area (Å²) >= 11 is 0. The molecule has 10 aromatic rings. The van der Waals surface area contributed by atoms with Crippen LogP contribution >= 0.6 is 0 Å². The largest absolute Gasteiger partial charge is 0.310 e. The number of hydrogen-bond donors (Lipinski definition) is 0. The van der Waals surface area contributed by atoms with Gasteiger partial charge < -0.3 is 9.80 Å². The van der Waals surface area contributed by atoms with Crippen LogP contribution in [0.2, 0.25) is 0 Å². The molecule has 12 rings (SSSR count). The summed E-state index contributed by atoms with van der Waals surface area (Å²) < 4.78 is 0. The summed E-state index contributed by atoms with van der Waals surface area (Å²) in [6, 6.07) is 81.1. The molecule has 0 aromatic heterocycles. The normalized spacial score (nSPS) is 12.9. The summed E-state index contributed by atoms with van der Waals surface area (Å²) in [5.41, 5.74) is 19.4. The summed E-state index contributed by atoms with van der Waals surface area (Å²) in [6.45, 7) is 4.33. The van der Waals surface area contributed by atoms with E-state index in [9.17, 15) is 0 Å². The third-order valence-corrected chi connectivity index (χ3v) is 13.0. The highest BCUT2D eigenvalue weighted by Crippen LogP contribution is 2.64. The Morgan fingerprint density at radius 3 is 1.38 bits per heavy atom. The molecule has 61 heavy (non-hydrogen) atoms. The highest BCUT2D eigenvalue weighted by atomic mass is 15.1. The first kappa shape index (κ1) is 35.3. The van der Waals surface area contributed by atoms with Gasteiger partial charge in [0.2, 0.25) is 0 Å². The van der Waals surface area contributed by atoms with E-state index in [4.69, 9.17) is 0 Å². The lowest BCUT2D eigenvalue weighted by atomic mass is 9.69. The molecule has 288 valence electrons. The lowest BCUT2D eigenvalue weighted by Gasteiger charge is -2.32. The van der Waals surface area contributed by atoms with Gasteiger partial charge >= 0.3 is 0 Å². The topological polar surface area (TPSA) is 6.48 Å². The Bertz CT molecular complexity index is 3300. The summed E-state index contributed by atoms with van der Waals surface area (Å²) in [4.78, 5) is 4.76. The summed E-state index contributed by atoms with van der Waals surface area (Å²) in [5, 5.41) is 4.96. The smallest absolute Gasteiger partial charge is 0.0731 e. The van der Waals surface area contributed by atoms with Crippen LogP contribution in [0.3, 0.4) is 0 Å². The Kier molecular flexibility index (Phi) is 7.92. The second-order valence-corrected chi connectivity index (χ2v) is 16.7. The standard InChI is InChI=1S/C59H42N2/c1-39-15-13-21-46(33-39)60(44-17-5-3-6-18-44)48-29-27-41-37-54-53-31-28-42-35-49(61(45-19-7-4-8-20-45)47-22-14-16-40(2)34-47)30-32-50(42)58(53)59(57(54)38-43(41)36-48)55-25-11-9-23-51(55)52-24-10-12-26-56(52)59/h3-38H,1-2H3. The molecule has 2 aliphatic carbocycles. The van der Waals surface area contributed by atoms with E-state index in [0.29, 0.717) is 0 Å². The van der Waals surface area contributed by atoms with Gasteiger partial charge in [-0.05, 0) is 176 Å². The fourth-order valence-corrected chi connectivity index (χ4v) is 10.6. The lowest BCUT2D eigenvalue weighted by molar-refractivity contribution is 0.802. The Morgan fingerprint density at radius 2 is 0.787 bits per heavy atom. The first-order valence-electron chi connectivity index (χ1n) is 21.3. The van der Waals surface area contributed by atoms with Crippen LogP contribution in [0, 0.1) is 13.8 Å². The Balaban J connectivity index is 1.11. The minimum absolute atomic E-state index is 0.506. The molecule has 0 heterocycles. The summed E-state index contributed by atoms with van der Waals surface area (Å²) in [6.07, 6.45) is 0. The maximum absolute atomic E-state index is 2.52. The molecule has 0 amide bonds. The van der Waals surface area contributed by atoms with E-state index in [1.54, 1.807) is 0 Å². The van der Waals surface area contributed by atoms with Crippen molar-refractivity contribution in [2.75, 3.05) is 9.80 Å². The number of hydrogen-bond acceptors (Lipinski definition) is 2. The van der Waals surface area contributed by atoms with Gasteiger partial charge in [0, 0.05) is 34.1 Å². The van der Waals surface area contributed by atoms with E-state index in [2.05, 4.69) is 242 Å². The van der Waals surface area contributed by atoms with Crippen molar-refractivity contribution in [1.29, 1.82) is 0 Å². The number of anilines is 6. The van der Waals surface area contributed by atoms with E-state index in [-0.39, 0.29) is 0 Å². The molecule has 0 fully saturated rings. The van der Waals surface area contributed by atoms with Crippen LogP contribution in [0.25, 0.3) is 43.8 Å². The van der Waals surface area contributed by atoms with Crippen LogP contribution < -0.4 is 9.80 Å². The SMILES string of the molecule is Cc1cccc(N(c2ccccc2)c2ccc3cc4c(cc3c2)C2(c3ccccc3-c3ccccc32)c2c-4ccc3cc(N(c4ccccc4)c4cccc(C)c4)ccc23)c1. The molecule has 0 atom stereocenters. The fraction of sp³-hybridized carbons (Fsp3) is 0.0508. The number of nitrogens with zero attached hydrogens (tertiary/aromatic N) is 2. The van der Waals surface area contributed by atoms with Crippen LogP contribution in [-0.2, 0) is 5.41 Å². The molecule has 0 saturated carbocycles. The van der Waals surface area contributed by atoms with Crippen molar-refractivity contribution >= 4 is 55.7 Å². The number of aryl methyl sites for hydroxylation is 2. The number of benzene rings is 10. The molecule has 2 aliphatic rings. The van der Waals surface area contributed by atoms with Crippen LogP contribution in [0.1, 0.15) is 33.4 Å². The van der Waals surface area contributed by atoms with E-state index in [1.807, 2.05) is 0 Å². The molecule has 0 N–H and O–H groups in total. The van der Waals surface area contributed by atoms with Crippen molar-refractivity contribution in [1.82, 2.24) is 0 Å². The molecular weight excluding hydrogens is 737 g/mol. The Morgan fingerprint density at radius 1 is 0.295 bits per heavy atom. The molecule has 0 saturated heterocycles. The minimum atomic E-state index is -0.506. The van der Waals surface area contributed by atoms with Gasteiger partial charge in [0.1, 0.15) is 0 Å². The van der Waals surface area contributed by atoms with Gasteiger partial charge in [-0.1, -0.05) is 133 Å². The predicted octanol–water partition coefficient (Wildman–Crippen LogP) is 15.9. The molecule has 10 aromatic carbocycles. The molecule has 0 bridgehead atoms. The zero-order valence-corrected chi connectivity index (χ0v) is 34.2. The lowest BCUT2D eigenvalue weighted by Crippen LogP contribution is -2.26. The second-order valence-electron chi connectivity index (χ2n) is 16.7. The predicted molar refractivity (Wildman–Crippen MR) is 257 cm³/mol. The van der Waals surface area contributed by atoms with Crippen molar-refractivity contribution in [3.05, 3.63) is 252 Å². The Hall–Kier alpha value is -7.68. The van der Waals surface area contributed by atoms with Gasteiger partial charge in [-0.3, -0.25) is 0 Å². The summed E-state index contributed by atoms with van der Waals surface area (Å²) in [7, 11) is 0. The molecule has 2 nitrogen and oxygen atoms in total. The third-order valence-electron chi connectivity index (χ3n) is 13.0. The van der Waals surface area contributed by atoms with Crippen molar-refractivity contribution < 1.29 is 0 Å². The van der Waals surface area contributed by atoms with E-state index < -0.39 is 5.41 Å². The van der Waals surface area contributed by atoms with Crippen molar-refractivity contribution in [2.45, 2.75) is 19.3 Å². The number of rotatable bonds is 6. The van der Waals surface area contributed by atoms with Gasteiger partial charge in [-0.25, -0.2) is 0 Å². The molecule has 1 spiro atoms. The first-order valence-corrected chi connectivity index (χ1v) is 21.3. The third kappa shape index (κ3) is 5.35. The second kappa shape index (κ2) is 13.7. The average Bonchev–Trinajstić information content (AvgIpc) is 3.76. The van der Waals surface area contributed by atoms with Crippen LogP contribution in [-0.4, -0.2) is 0 Å². The minimum Gasteiger partial charge on any atom is -0.310 e. The van der Waals surface area contributed by atoms with E-state index >= 15 is 0 Å².